The Bertz CT molecular complexity index is 566. The van der Waals surface area contributed by atoms with Crippen molar-refractivity contribution >= 4 is 18.2 Å². The highest BCUT2D eigenvalue weighted by Crippen LogP contribution is 2.32. The Morgan fingerprint density at radius 2 is 1.89 bits per heavy atom. The number of aryl methyl sites for hydroxylation is 1. The lowest BCUT2D eigenvalue weighted by Gasteiger charge is -2.11. The van der Waals surface area contributed by atoms with Gasteiger partial charge in [-0.3, -0.25) is 9.52 Å². The van der Waals surface area contributed by atoms with Gasteiger partial charge in [0.25, 0.3) is 0 Å². The van der Waals surface area contributed by atoms with Gasteiger partial charge in [-0.2, -0.15) is 0 Å². The zero-order chi connectivity index (χ0) is 13.0. The van der Waals surface area contributed by atoms with Crippen LogP contribution in [0.5, 0.6) is 0 Å². The fourth-order valence-corrected chi connectivity index (χ4v) is 2.60. The monoisotopic (exact) mass is 257 g/mol. The number of nitrogens with one attached hydrogen (secondary N) is 1. The molecular formula is C15H15NOS. The van der Waals surface area contributed by atoms with E-state index in [1.165, 1.54) is 16.0 Å². The Morgan fingerprint density at radius 3 is 2.56 bits per heavy atom. The second-order valence-electron chi connectivity index (χ2n) is 3.99. The predicted octanol–water partition coefficient (Wildman–Crippen LogP) is 3.70. The summed E-state index contributed by atoms with van der Waals surface area (Å²) in [5.74, 6) is 0. The Labute approximate surface area is 112 Å². The Hall–Kier alpha value is -1.58. The van der Waals surface area contributed by atoms with Crippen LogP contribution in [-0.2, 0) is 0 Å². The summed E-state index contributed by atoms with van der Waals surface area (Å²) in [4.78, 5) is 11.9. The Kier molecular flexibility index (Phi) is 4.18. The topological polar surface area (TPSA) is 29.1 Å². The first-order valence-electron chi connectivity index (χ1n) is 5.75. The summed E-state index contributed by atoms with van der Waals surface area (Å²) in [7, 11) is 1.91. The highest BCUT2D eigenvalue weighted by molar-refractivity contribution is 7.97. The van der Waals surface area contributed by atoms with Crippen molar-refractivity contribution in [1.29, 1.82) is 0 Å². The van der Waals surface area contributed by atoms with Crippen LogP contribution < -0.4 is 4.72 Å². The summed E-state index contributed by atoms with van der Waals surface area (Å²) in [6.07, 6.45) is 0.880. The number of benzene rings is 2. The summed E-state index contributed by atoms with van der Waals surface area (Å²) in [6.45, 7) is 2.03. The van der Waals surface area contributed by atoms with Gasteiger partial charge in [0, 0.05) is 10.5 Å². The molecule has 0 radical (unpaired) electrons. The molecule has 0 aliphatic carbocycles. The van der Waals surface area contributed by atoms with Crippen LogP contribution in [0, 0.1) is 6.92 Å². The third kappa shape index (κ3) is 2.63. The van der Waals surface area contributed by atoms with Gasteiger partial charge in [-0.15, -0.1) is 0 Å². The maximum absolute atomic E-state index is 10.8. The van der Waals surface area contributed by atoms with Crippen LogP contribution >= 0.6 is 11.9 Å². The van der Waals surface area contributed by atoms with E-state index < -0.39 is 0 Å². The van der Waals surface area contributed by atoms with E-state index in [9.17, 15) is 4.79 Å². The lowest BCUT2D eigenvalue weighted by atomic mass is 9.99. The largest absolute Gasteiger partial charge is 0.298 e. The quantitative estimate of drug-likeness (QED) is 0.669. The molecule has 0 aliphatic rings. The van der Waals surface area contributed by atoms with Crippen LogP contribution in [0.2, 0.25) is 0 Å². The molecule has 0 saturated carbocycles. The highest BCUT2D eigenvalue weighted by Gasteiger charge is 2.07. The summed E-state index contributed by atoms with van der Waals surface area (Å²) >= 11 is 1.60. The van der Waals surface area contributed by atoms with Gasteiger partial charge in [-0.05, 0) is 54.7 Å². The van der Waals surface area contributed by atoms with Crippen molar-refractivity contribution < 1.29 is 4.79 Å². The second kappa shape index (κ2) is 5.85. The molecule has 2 rings (SSSR count). The number of hydrogen-bond acceptors (Lipinski definition) is 3. The molecule has 2 aromatic rings. The minimum absolute atomic E-state index is 0.718. The number of carbonyl (C=O) groups is 1. The van der Waals surface area contributed by atoms with E-state index in [4.69, 9.17) is 0 Å². The van der Waals surface area contributed by atoms with Crippen molar-refractivity contribution in [2.75, 3.05) is 7.05 Å². The van der Waals surface area contributed by atoms with Crippen LogP contribution in [0.3, 0.4) is 0 Å². The van der Waals surface area contributed by atoms with E-state index in [-0.39, 0.29) is 0 Å². The van der Waals surface area contributed by atoms with Gasteiger partial charge in [-0.1, -0.05) is 30.3 Å². The van der Waals surface area contributed by atoms with Crippen LogP contribution in [-0.4, -0.2) is 13.3 Å². The normalized spacial score (nSPS) is 10.3. The maximum atomic E-state index is 10.8. The van der Waals surface area contributed by atoms with E-state index in [0.717, 1.165) is 17.4 Å². The zero-order valence-corrected chi connectivity index (χ0v) is 11.3. The molecule has 0 bridgehead atoms. The Morgan fingerprint density at radius 1 is 1.11 bits per heavy atom. The van der Waals surface area contributed by atoms with Gasteiger partial charge in [0.1, 0.15) is 6.29 Å². The smallest absolute Gasteiger partial charge is 0.150 e. The molecule has 0 spiro atoms. The summed E-state index contributed by atoms with van der Waals surface area (Å²) < 4.78 is 3.10. The van der Waals surface area contributed by atoms with Crippen molar-refractivity contribution in [3.8, 4) is 11.1 Å². The highest BCUT2D eigenvalue weighted by atomic mass is 32.2. The zero-order valence-electron chi connectivity index (χ0n) is 10.4. The molecule has 0 unspecified atom stereocenters. The molecule has 0 fully saturated rings. The molecule has 0 aromatic heterocycles. The predicted molar refractivity (Wildman–Crippen MR) is 76.9 cm³/mol. The third-order valence-corrected chi connectivity index (χ3v) is 3.56. The van der Waals surface area contributed by atoms with E-state index in [1.807, 2.05) is 44.3 Å². The van der Waals surface area contributed by atoms with Crippen molar-refractivity contribution in [2.45, 2.75) is 11.8 Å². The van der Waals surface area contributed by atoms with E-state index in [1.54, 1.807) is 11.9 Å². The first-order valence-corrected chi connectivity index (χ1v) is 6.56. The first kappa shape index (κ1) is 12.9. The lowest BCUT2D eigenvalue weighted by molar-refractivity contribution is 0.112. The SMILES string of the molecule is CNSc1ccccc1-c1ccc(C=O)cc1C. The van der Waals surface area contributed by atoms with Gasteiger partial charge in [0.05, 0.1) is 0 Å². The van der Waals surface area contributed by atoms with Crippen molar-refractivity contribution in [1.82, 2.24) is 4.72 Å². The van der Waals surface area contributed by atoms with Crippen LogP contribution in [0.15, 0.2) is 47.4 Å². The minimum Gasteiger partial charge on any atom is -0.298 e. The molecule has 0 heterocycles. The van der Waals surface area contributed by atoms with Crippen LogP contribution in [0.1, 0.15) is 15.9 Å². The standard InChI is InChI=1S/C15H15NOS/c1-11-9-12(10-17)7-8-13(11)14-5-3-4-6-15(14)18-16-2/h3-10,16H,1-2H3. The van der Waals surface area contributed by atoms with Crippen molar-refractivity contribution in [3.63, 3.8) is 0 Å². The van der Waals surface area contributed by atoms with Crippen molar-refractivity contribution in [3.05, 3.63) is 53.6 Å². The molecule has 0 amide bonds. The van der Waals surface area contributed by atoms with Gasteiger partial charge in [-0.25, -0.2) is 0 Å². The van der Waals surface area contributed by atoms with Crippen LogP contribution in [0.4, 0.5) is 0 Å². The number of aldehydes is 1. The molecule has 0 atom stereocenters. The molecule has 3 heteroatoms. The average molecular weight is 257 g/mol. The number of hydrogen-bond donors (Lipinski definition) is 1. The molecule has 2 nitrogen and oxygen atoms in total. The average Bonchev–Trinajstić information content (AvgIpc) is 2.40. The third-order valence-electron chi connectivity index (χ3n) is 2.78. The second-order valence-corrected chi connectivity index (χ2v) is 5.05. The Balaban J connectivity index is 2.51. The van der Waals surface area contributed by atoms with E-state index >= 15 is 0 Å². The molecule has 1 N–H and O–H groups in total. The first-order chi connectivity index (χ1) is 8.76. The van der Waals surface area contributed by atoms with Crippen LogP contribution in [0.25, 0.3) is 11.1 Å². The lowest BCUT2D eigenvalue weighted by Crippen LogP contribution is -1.94. The summed E-state index contributed by atoms with van der Waals surface area (Å²) in [5.41, 5.74) is 4.18. The fourth-order valence-electron chi connectivity index (χ4n) is 1.95. The molecule has 18 heavy (non-hydrogen) atoms. The summed E-state index contributed by atoms with van der Waals surface area (Å²) in [6, 6.07) is 14.0. The van der Waals surface area contributed by atoms with E-state index in [2.05, 4.69) is 16.9 Å². The molecular weight excluding hydrogens is 242 g/mol. The molecule has 0 aliphatic heterocycles. The molecule has 0 saturated heterocycles. The summed E-state index contributed by atoms with van der Waals surface area (Å²) in [5, 5.41) is 0. The maximum Gasteiger partial charge on any atom is 0.150 e. The minimum atomic E-state index is 0.718. The van der Waals surface area contributed by atoms with Crippen molar-refractivity contribution in [2.24, 2.45) is 0 Å². The van der Waals surface area contributed by atoms with Gasteiger partial charge in [0.15, 0.2) is 0 Å². The fraction of sp³-hybridized carbons (Fsp3) is 0.133. The molecule has 92 valence electrons. The van der Waals surface area contributed by atoms with Gasteiger partial charge < -0.3 is 0 Å². The molecule has 2 aromatic carbocycles. The van der Waals surface area contributed by atoms with E-state index in [0.29, 0.717) is 0 Å². The number of carbonyl (C=O) groups excluding carboxylic acids is 1. The number of rotatable bonds is 4. The van der Waals surface area contributed by atoms with Gasteiger partial charge in [0.2, 0.25) is 0 Å². The van der Waals surface area contributed by atoms with Gasteiger partial charge >= 0.3 is 0 Å².